The zero-order chi connectivity index (χ0) is 2.71. The molecule has 32 valence electrons. The van der Waals surface area contributed by atoms with Crippen LogP contribution in [0.5, 0.6) is 0 Å². The van der Waals surface area contributed by atoms with Crippen LogP contribution in [0.3, 0.4) is 0 Å². The molecule has 2 radical (unpaired) electrons. The third-order valence-corrected chi connectivity index (χ3v) is 0. The number of rotatable bonds is 0. The highest BCUT2D eigenvalue weighted by Crippen LogP contribution is 1.49. The van der Waals surface area contributed by atoms with Crippen LogP contribution >= 0.6 is 0 Å². The first-order valence-corrected chi connectivity index (χ1v) is 1.12. The summed E-state index contributed by atoms with van der Waals surface area (Å²) < 4.78 is 0. The van der Waals surface area contributed by atoms with Crippen molar-refractivity contribution in [1.29, 1.82) is 0 Å². The SMILES string of the molecule is C.C.[B]CC. The Kier molecular flexibility index (Phi) is 132. The second-order valence-electron chi connectivity index (χ2n) is 0.408. The molecular weight excluding hydrogens is 58.9 g/mol. The molecule has 1 heteroatoms. The predicted octanol–water partition coefficient (Wildman–Crippen LogP) is 1.87. The van der Waals surface area contributed by atoms with Crippen molar-refractivity contribution in [2.75, 3.05) is 0 Å². The predicted molar refractivity (Wildman–Crippen MR) is 29.7 cm³/mol. The van der Waals surface area contributed by atoms with Crippen molar-refractivity contribution in [3.05, 3.63) is 0 Å². The summed E-state index contributed by atoms with van der Waals surface area (Å²) in [4.78, 5) is 0. The van der Waals surface area contributed by atoms with Gasteiger partial charge in [-0.1, -0.05) is 28.1 Å². The minimum Gasteiger partial charge on any atom is -0.0915 e. The Bertz CT molecular complexity index is 3.61. The van der Waals surface area contributed by atoms with Crippen LogP contribution in [0.15, 0.2) is 0 Å². The Morgan fingerprint density at radius 1 is 1.40 bits per heavy atom. The zero-order valence-corrected chi connectivity index (χ0v) is 2.28. The van der Waals surface area contributed by atoms with Gasteiger partial charge in [-0.3, -0.25) is 0 Å². The summed E-state index contributed by atoms with van der Waals surface area (Å²) in [6.07, 6.45) is 0.750. The van der Waals surface area contributed by atoms with Crippen molar-refractivity contribution < 1.29 is 0 Å². The zero-order valence-electron chi connectivity index (χ0n) is 2.28. The molecule has 5 heavy (non-hydrogen) atoms. The largest absolute Gasteiger partial charge is 0.0915 e. The van der Waals surface area contributed by atoms with Crippen LogP contribution in [-0.4, -0.2) is 7.85 Å². The topological polar surface area (TPSA) is 0 Å². The van der Waals surface area contributed by atoms with Gasteiger partial charge in [0.15, 0.2) is 0 Å². The lowest BCUT2D eigenvalue weighted by atomic mass is 10.1. The Hall–Kier alpha value is 0.0649. The van der Waals surface area contributed by atoms with Gasteiger partial charge in [0.25, 0.3) is 0 Å². The molecule has 0 rings (SSSR count). The molecule has 0 spiro atoms. The van der Waals surface area contributed by atoms with E-state index in [9.17, 15) is 0 Å². The van der Waals surface area contributed by atoms with E-state index in [1.165, 1.54) is 0 Å². The van der Waals surface area contributed by atoms with Crippen LogP contribution in [0, 0.1) is 0 Å². The molecule has 0 heterocycles. The van der Waals surface area contributed by atoms with Crippen LogP contribution < -0.4 is 0 Å². The second-order valence-corrected chi connectivity index (χ2v) is 0.408. The Morgan fingerprint density at radius 3 is 1.40 bits per heavy atom. The Labute approximate surface area is 37.0 Å². The van der Waals surface area contributed by atoms with E-state index < -0.39 is 0 Å². The summed E-state index contributed by atoms with van der Waals surface area (Å²) >= 11 is 0. The molecule has 0 bridgehead atoms. The van der Waals surface area contributed by atoms with Crippen LogP contribution in [0.4, 0.5) is 0 Å². The van der Waals surface area contributed by atoms with E-state index in [0.29, 0.717) is 0 Å². The third-order valence-electron chi connectivity index (χ3n) is 0. The summed E-state index contributed by atoms with van der Waals surface area (Å²) in [7, 11) is 4.85. The lowest BCUT2D eigenvalue weighted by Crippen LogP contribution is -1.41. The second kappa shape index (κ2) is 33.7. The fourth-order valence-electron chi connectivity index (χ4n) is 0. The van der Waals surface area contributed by atoms with Crippen molar-refractivity contribution in [2.45, 2.75) is 28.1 Å². The molecule has 0 aliphatic carbocycles. The Balaban J connectivity index is -0.0000000200. The highest BCUT2D eigenvalue weighted by Gasteiger charge is 1.37. The maximum absolute atomic E-state index is 4.85. The fraction of sp³-hybridized carbons (Fsp3) is 1.00. The van der Waals surface area contributed by atoms with E-state index in [-0.39, 0.29) is 14.9 Å². The molecule has 0 atom stereocenters. The summed E-state index contributed by atoms with van der Waals surface area (Å²) in [6, 6.07) is 0. The average molecular weight is 72.0 g/mol. The molecule has 0 aromatic rings. The molecule has 0 saturated heterocycles. The van der Waals surface area contributed by atoms with Gasteiger partial charge in [0, 0.05) is 0 Å². The van der Waals surface area contributed by atoms with E-state index in [1.807, 2.05) is 6.92 Å². The van der Waals surface area contributed by atoms with Gasteiger partial charge in [-0.15, -0.1) is 0 Å². The first-order valence-electron chi connectivity index (χ1n) is 1.12. The van der Waals surface area contributed by atoms with Crippen LogP contribution in [-0.2, 0) is 0 Å². The van der Waals surface area contributed by atoms with Crippen LogP contribution in [0.25, 0.3) is 0 Å². The molecule has 0 aromatic heterocycles. The minimum absolute atomic E-state index is 0. The monoisotopic (exact) mass is 72.1 g/mol. The lowest BCUT2D eigenvalue weighted by molar-refractivity contribution is 1.48. The third kappa shape index (κ3) is 4110. The van der Waals surface area contributed by atoms with Crippen LogP contribution in [0.2, 0.25) is 6.32 Å². The van der Waals surface area contributed by atoms with E-state index in [4.69, 9.17) is 7.85 Å². The van der Waals surface area contributed by atoms with Gasteiger partial charge in [-0.25, -0.2) is 0 Å². The van der Waals surface area contributed by atoms with E-state index >= 15 is 0 Å². The quantitative estimate of drug-likeness (QED) is 0.383. The van der Waals surface area contributed by atoms with Gasteiger partial charge in [0.1, 0.15) is 0 Å². The lowest BCUT2D eigenvalue weighted by Gasteiger charge is -1.46. The van der Waals surface area contributed by atoms with Gasteiger partial charge in [0.2, 0.25) is 0 Å². The smallest absolute Gasteiger partial charge is 0.0649 e. The average Bonchev–Trinajstić information content (AvgIpc) is 0.918. The summed E-state index contributed by atoms with van der Waals surface area (Å²) in [6.45, 7) is 1.90. The standard InChI is InChI=1S/C2H5B.2CH4/c1-2-3;;/h2H2,1H3;2*1H4. The van der Waals surface area contributed by atoms with E-state index in [1.54, 1.807) is 0 Å². The number of hydrogen-bond acceptors (Lipinski definition) is 0. The van der Waals surface area contributed by atoms with Crippen LogP contribution in [0.1, 0.15) is 21.8 Å². The summed E-state index contributed by atoms with van der Waals surface area (Å²) in [5.41, 5.74) is 0. The summed E-state index contributed by atoms with van der Waals surface area (Å²) in [5.74, 6) is 0. The van der Waals surface area contributed by atoms with Gasteiger partial charge >= 0.3 is 0 Å². The highest BCUT2D eigenvalue weighted by molar-refractivity contribution is 6.08. The maximum atomic E-state index is 4.85. The molecule has 0 aliphatic rings. The van der Waals surface area contributed by atoms with Gasteiger partial charge in [-0.2, -0.15) is 0 Å². The molecule has 0 aromatic carbocycles. The molecule has 0 nitrogen and oxygen atoms in total. The van der Waals surface area contributed by atoms with E-state index in [0.717, 1.165) is 6.32 Å². The normalized spacial score (nSPS) is 3.40. The highest BCUT2D eigenvalue weighted by atomic mass is 13.2. The van der Waals surface area contributed by atoms with Crippen molar-refractivity contribution >= 4 is 7.85 Å². The fourth-order valence-corrected chi connectivity index (χ4v) is 0. The molecular formula is C4H13B. The van der Waals surface area contributed by atoms with Crippen molar-refractivity contribution in [3.63, 3.8) is 0 Å². The number of hydrogen-bond donors (Lipinski definition) is 0. The molecule has 0 N–H and O–H groups in total. The minimum atomic E-state index is 0. The van der Waals surface area contributed by atoms with Gasteiger partial charge < -0.3 is 0 Å². The van der Waals surface area contributed by atoms with Gasteiger partial charge in [0.05, 0.1) is 7.85 Å². The first-order chi connectivity index (χ1) is 1.41. The van der Waals surface area contributed by atoms with Crippen molar-refractivity contribution in [1.82, 2.24) is 0 Å². The molecule has 0 unspecified atom stereocenters. The van der Waals surface area contributed by atoms with E-state index in [2.05, 4.69) is 0 Å². The first kappa shape index (κ1) is 19.6. The molecule has 0 fully saturated rings. The molecule has 0 amide bonds. The summed E-state index contributed by atoms with van der Waals surface area (Å²) in [5, 5.41) is 0. The maximum Gasteiger partial charge on any atom is 0.0649 e. The van der Waals surface area contributed by atoms with Crippen molar-refractivity contribution in [3.8, 4) is 0 Å². The molecule has 0 aliphatic heterocycles. The Morgan fingerprint density at radius 2 is 1.40 bits per heavy atom. The molecule has 0 saturated carbocycles. The van der Waals surface area contributed by atoms with Crippen molar-refractivity contribution in [2.24, 2.45) is 0 Å². The van der Waals surface area contributed by atoms with Gasteiger partial charge in [-0.05, 0) is 0 Å².